The first-order valence-electron chi connectivity index (χ1n) is 8.30. The normalized spacial score (nSPS) is 11.3. The number of para-hydroxylation sites is 1. The molecule has 0 fully saturated rings. The number of hydrogen-bond acceptors (Lipinski definition) is 3. The molecular weight excluding hydrogens is 435 g/mol. The van der Waals surface area contributed by atoms with Crippen molar-refractivity contribution in [2.45, 2.75) is 0 Å². The van der Waals surface area contributed by atoms with E-state index in [1.165, 1.54) is 0 Å². The van der Waals surface area contributed by atoms with Crippen molar-refractivity contribution in [3.8, 4) is 22.5 Å². The molecule has 0 aliphatic heterocycles. The van der Waals surface area contributed by atoms with Gasteiger partial charge in [-0.25, -0.2) is 9.97 Å². The minimum atomic E-state index is 0.726. The summed E-state index contributed by atoms with van der Waals surface area (Å²) < 4.78 is 6.74. The number of nitrogens with zero attached hydrogens (tertiary/aromatic N) is 2. The maximum absolute atomic E-state index is 6.01. The molecule has 0 aliphatic rings. The van der Waals surface area contributed by atoms with E-state index >= 15 is 0 Å². The molecule has 124 valence electrons. The number of fused-ring (bicyclic) bond motifs is 3. The second kappa shape index (κ2) is 6.21. The lowest BCUT2D eigenvalue weighted by atomic mass is 10.0. The first-order valence-corrected chi connectivity index (χ1v) is 9.38. The lowest BCUT2D eigenvalue weighted by Gasteiger charge is -2.07. The molecule has 0 N–H and O–H groups in total. The van der Waals surface area contributed by atoms with Crippen molar-refractivity contribution in [2.75, 3.05) is 0 Å². The summed E-state index contributed by atoms with van der Waals surface area (Å²) in [6, 6.07) is 26.5. The summed E-state index contributed by atoms with van der Waals surface area (Å²) in [7, 11) is 0. The van der Waals surface area contributed by atoms with Crippen LogP contribution in [0.15, 0.2) is 83.3 Å². The van der Waals surface area contributed by atoms with Crippen molar-refractivity contribution in [1.29, 1.82) is 0 Å². The van der Waals surface area contributed by atoms with Gasteiger partial charge in [0.25, 0.3) is 0 Å². The Labute approximate surface area is 163 Å². The molecule has 26 heavy (non-hydrogen) atoms. The molecular formula is C22H13IN2O. The van der Waals surface area contributed by atoms with E-state index < -0.39 is 0 Å². The third kappa shape index (κ3) is 2.57. The molecule has 0 amide bonds. The molecule has 0 bridgehead atoms. The van der Waals surface area contributed by atoms with Gasteiger partial charge in [0.1, 0.15) is 11.2 Å². The second-order valence-corrected chi connectivity index (χ2v) is 7.02. The largest absolute Gasteiger partial charge is 0.456 e. The van der Waals surface area contributed by atoms with Crippen LogP contribution in [0.4, 0.5) is 0 Å². The molecule has 5 rings (SSSR count). The fourth-order valence-corrected chi connectivity index (χ4v) is 3.82. The van der Waals surface area contributed by atoms with Crippen LogP contribution < -0.4 is 0 Å². The van der Waals surface area contributed by atoms with Crippen LogP contribution in [-0.2, 0) is 0 Å². The molecule has 0 saturated carbocycles. The van der Waals surface area contributed by atoms with Crippen molar-refractivity contribution in [3.63, 3.8) is 0 Å². The summed E-state index contributed by atoms with van der Waals surface area (Å²) in [6.45, 7) is 0. The van der Waals surface area contributed by atoms with Gasteiger partial charge in [-0.3, -0.25) is 0 Å². The number of furan rings is 1. The summed E-state index contributed by atoms with van der Waals surface area (Å²) >= 11 is 2.18. The summed E-state index contributed by atoms with van der Waals surface area (Å²) in [5.41, 5.74) is 5.73. The van der Waals surface area contributed by atoms with Gasteiger partial charge in [-0.2, -0.15) is 0 Å². The highest BCUT2D eigenvalue weighted by atomic mass is 127. The fourth-order valence-electron chi connectivity index (χ4n) is 3.30. The molecule has 0 unspecified atom stereocenters. The van der Waals surface area contributed by atoms with Crippen molar-refractivity contribution in [2.24, 2.45) is 0 Å². The molecule has 0 spiro atoms. The molecule has 0 radical (unpaired) electrons. The van der Waals surface area contributed by atoms with Gasteiger partial charge in [0.15, 0.2) is 3.83 Å². The predicted molar refractivity (Wildman–Crippen MR) is 113 cm³/mol. The third-order valence-electron chi connectivity index (χ3n) is 4.45. The summed E-state index contributed by atoms with van der Waals surface area (Å²) in [4.78, 5) is 9.31. The number of hydrogen-bond donors (Lipinski definition) is 0. The van der Waals surface area contributed by atoms with Gasteiger partial charge in [0, 0.05) is 44.5 Å². The second-order valence-electron chi connectivity index (χ2n) is 6.05. The van der Waals surface area contributed by atoms with E-state index in [4.69, 9.17) is 9.40 Å². The summed E-state index contributed by atoms with van der Waals surface area (Å²) in [5, 5.41) is 2.20. The first-order chi connectivity index (χ1) is 12.8. The Morgan fingerprint density at radius 2 is 1.42 bits per heavy atom. The predicted octanol–water partition coefficient (Wildman–Crippen LogP) is 6.31. The van der Waals surface area contributed by atoms with Crippen LogP contribution in [0.1, 0.15) is 0 Å². The van der Waals surface area contributed by atoms with Gasteiger partial charge in [-0.1, -0.05) is 60.7 Å². The van der Waals surface area contributed by atoms with Crippen LogP contribution in [0.25, 0.3) is 44.5 Å². The SMILES string of the molecule is Ic1nc(-c2ccccc2)cc(-c2cccc3oc4ccccc4c23)n1. The smallest absolute Gasteiger partial charge is 0.191 e. The highest BCUT2D eigenvalue weighted by molar-refractivity contribution is 14.1. The molecule has 0 saturated heterocycles. The summed E-state index contributed by atoms with van der Waals surface area (Å²) in [6.07, 6.45) is 0. The molecule has 0 aliphatic carbocycles. The Kier molecular flexibility index (Phi) is 3.71. The van der Waals surface area contributed by atoms with E-state index in [2.05, 4.69) is 51.8 Å². The number of rotatable bonds is 2. The van der Waals surface area contributed by atoms with Crippen LogP contribution in [-0.4, -0.2) is 9.97 Å². The van der Waals surface area contributed by atoms with Crippen LogP contribution in [0, 0.1) is 3.83 Å². The third-order valence-corrected chi connectivity index (χ3v) is 4.93. The minimum absolute atomic E-state index is 0.726. The van der Waals surface area contributed by atoms with Crippen LogP contribution >= 0.6 is 22.6 Å². The Balaban J connectivity index is 1.80. The average Bonchev–Trinajstić information content (AvgIpc) is 3.07. The Hall–Kier alpha value is -2.73. The Morgan fingerprint density at radius 3 is 2.31 bits per heavy atom. The minimum Gasteiger partial charge on any atom is -0.456 e. The van der Waals surface area contributed by atoms with E-state index in [0.717, 1.165) is 48.3 Å². The lowest BCUT2D eigenvalue weighted by Crippen LogP contribution is -1.94. The van der Waals surface area contributed by atoms with E-state index in [1.54, 1.807) is 0 Å². The van der Waals surface area contributed by atoms with Gasteiger partial charge >= 0.3 is 0 Å². The number of aromatic nitrogens is 2. The zero-order valence-electron chi connectivity index (χ0n) is 13.7. The zero-order valence-corrected chi connectivity index (χ0v) is 15.8. The monoisotopic (exact) mass is 448 g/mol. The quantitative estimate of drug-likeness (QED) is 0.235. The number of halogens is 1. The molecule has 3 nitrogen and oxygen atoms in total. The van der Waals surface area contributed by atoms with Gasteiger partial charge in [0.05, 0.1) is 11.4 Å². The Bertz CT molecular complexity index is 1250. The van der Waals surface area contributed by atoms with E-state index in [-0.39, 0.29) is 0 Å². The fraction of sp³-hybridized carbons (Fsp3) is 0. The zero-order chi connectivity index (χ0) is 17.5. The van der Waals surface area contributed by atoms with Crippen LogP contribution in [0.2, 0.25) is 0 Å². The molecule has 3 aromatic carbocycles. The number of benzene rings is 3. The molecule has 5 aromatic rings. The van der Waals surface area contributed by atoms with Crippen LogP contribution in [0.3, 0.4) is 0 Å². The molecule has 2 heterocycles. The average molecular weight is 448 g/mol. The van der Waals surface area contributed by atoms with E-state index in [0.29, 0.717) is 0 Å². The summed E-state index contributed by atoms with van der Waals surface area (Å²) in [5.74, 6) is 0. The highest BCUT2D eigenvalue weighted by Crippen LogP contribution is 2.36. The van der Waals surface area contributed by atoms with E-state index in [1.807, 2.05) is 54.6 Å². The van der Waals surface area contributed by atoms with Gasteiger partial charge in [-0.15, -0.1) is 0 Å². The lowest BCUT2D eigenvalue weighted by molar-refractivity contribution is 0.669. The van der Waals surface area contributed by atoms with E-state index in [9.17, 15) is 0 Å². The van der Waals surface area contributed by atoms with Gasteiger partial charge in [-0.05, 0) is 18.2 Å². The van der Waals surface area contributed by atoms with Crippen molar-refractivity contribution >= 4 is 44.5 Å². The maximum atomic E-state index is 6.01. The molecule has 2 aromatic heterocycles. The van der Waals surface area contributed by atoms with Crippen molar-refractivity contribution in [1.82, 2.24) is 9.97 Å². The Morgan fingerprint density at radius 1 is 0.692 bits per heavy atom. The first kappa shape index (κ1) is 15.5. The van der Waals surface area contributed by atoms with Crippen molar-refractivity contribution < 1.29 is 4.42 Å². The maximum Gasteiger partial charge on any atom is 0.191 e. The standard InChI is InChI=1S/C22H13IN2O/c23-22-24-17(14-7-2-1-3-8-14)13-18(25-22)15-10-6-12-20-21(15)16-9-4-5-11-19(16)26-20/h1-13H. The van der Waals surface area contributed by atoms with Gasteiger partial charge < -0.3 is 4.42 Å². The highest BCUT2D eigenvalue weighted by Gasteiger charge is 2.14. The topological polar surface area (TPSA) is 38.9 Å². The van der Waals surface area contributed by atoms with Crippen molar-refractivity contribution in [3.05, 3.63) is 82.7 Å². The van der Waals surface area contributed by atoms with Gasteiger partial charge in [0.2, 0.25) is 0 Å². The van der Waals surface area contributed by atoms with Crippen LogP contribution in [0.5, 0.6) is 0 Å². The molecule has 0 atom stereocenters. The molecule has 4 heteroatoms.